The van der Waals surface area contributed by atoms with E-state index in [2.05, 4.69) is 5.32 Å². The third-order valence-electron chi connectivity index (χ3n) is 5.26. The fourth-order valence-electron chi connectivity index (χ4n) is 3.49. The van der Waals surface area contributed by atoms with Crippen molar-refractivity contribution in [1.29, 1.82) is 0 Å². The van der Waals surface area contributed by atoms with Gasteiger partial charge in [0.15, 0.2) is 11.5 Å². The van der Waals surface area contributed by atoms with E-state index in [9.17, 15) is 18.4 Å². The summed E-state index contributed by atoms with van der Waals surface area (Å²) in [4.78, 5) is 27.0. The van der Waals surface area contributed by atoms with Crippen LogP contribution in [-0.2, 0) is 6.54 Å². The van der Waals surface area contributed by atoms with Gasteiger partial charge in [0.2, 0.25) is 0 Å². The average Bonchev–Trinajstić information content (AvgIpc) is 2.86. The van der Waals surface area contributed by atoms with Gasteiger partial charge < -0.3 is 25.4 Å². The lowest BCUT2D eigenvalue weighted by atomic mass is 10.1. The standard InChI is InChI=1S/C26H27F2N3O4/c1-34-23-9-6-18(14-24(23)35-2)25(32)30-22-7-4-17(5-8-22)16-31(11-3-10-29)26(33)19-12-20(27)15-21(28)13-19/h4-9,12-15H,3,10-11,16,29H2,1-2H3,(H,30,32). The maximum atomic E-state index is 13.6. The molecule has 7 nitrogen and oxygen atoms in total. The molecule has 0 fully saturated rings. The van der Waals surface area contributed by atoms with Crippen molar-refractivity contribution in [3.63, 3.8) is 0 Å². The van der Waals surface area contributed by atoms with Crippen molar-refractivity contribution in [2.24, 2.45) is 5.73 Å². The van der Waals surface area contributed by atoms with Gasteiger partial charge in [0.1, 0.15) is 11.6 Å². The molecule has 2 amide bonds. The topological polar surface area (TPSA) is 93.9 Å². The predicted octanol–water partition coefficient (Wildman–Crippen LogP) is 4.23. The molecule has 35 heavy (non-hydrogen) atoms. The van der Waals surface area contributed by atoms with Crippen LogP contribution in [0.1, 0.15) is 32.7 Å². The first-order valence-electron chi connectivity index (χ1n) is 10.9. The van der Waals surface area contributed by atoms with Gasteiger partial charge in [0.05, 0.1) is 14.2 Å². The Morgan fingerprint density at radius 2 is 1.54 bits per heavy atom. The van der Waals surface area contributed by atoms with Gasteiger partial charge in [-0.3, -0.25) is 9.59 Å². The zero-order valence-electron chi connectivity index (χ0n) is 19.5. The van der Waals surface area contributed by atoms with Crippen molar-refractivity contribution in [2.45, 2.75) is 13.0 Å². The minimum Gasteiger partial charge on any atom is -0.493 e. The van der Waals surface area contributed by atoms with E-state index in [1.165, 1.54) is 19.1 Å². The van der Waals surface area contributed by atoms with Crippen molar-refractivity contribution in [3.05, 3.63) is 89.0 Å². The van der Waals surface area contributed by atoms with Crippen molar-refractivity contribution in [2.75, 3.05) is 32.6 Å². The number of halogens is 2. The zero-order valence-corrected chi connectivity index (χ0v) is 19.5. The molecular weight excluding hydrogens is 456 g/mol. The molecule has 0 saturated heterocycles. The Hall–Kier alpha value is -3.98. The second kappa shape index (κ2) is 11.9. The molecular formula is C26H27F2N3O4. The smallest absolute Gasteiger partial charge is 0.255 e. The van der Waals surface area contributed by atoms with Crippen LogP contribution < -0.4 is 20.5 Å². The molecule has 0 radical (unpaired) electrons. The molecule has 0 unspecified atom stereocenters. The molecule has 9 heteroatoms. The normalized spacial score (nSPS) is 10.5. The van der Waals surface area contributed by atoms with E-state index in [0.29, 0.717) is 42.3 Å². The van der Waals surface area contributed by atoms with Crippen molar-refractivity contribution in [1.82, 2.24) is 4.90 Å². The molecule has 3 rings (SSSR count). The highest BCUT2D eigenvalue weighted by Crippen LogP contribution is 2.28. The number of carbonyl (C=O) groups excluding carboxylic acids is 2. The van der Waals surface area contributed by atoms with Gasteiger partial charge in [0, 0.05) is 36.0 Å². The van der Waals surface area contributed by atoms with Gasteiger partial charge in [0.25, 0.3) is 11.8 Å². The minimum absolute atomic E-state index is 0.0710. The molecule has 184 valence electrons. The number of anilines is 1. The van der Waals surface area contributed by atoms with Crippen LogP contribution in [0.25, 0.3) is 0 Å². The maximum Gasteiger partial charge on any atom is 0.255 e. The molecule has 0 bridgehead atoms. The predicted molar refractivity (Wildman–Crippen MR) is 129 cm³/mol. The van der Waals surface area contributed by atoms with E-state index in [1.54, 1.807) is 42.5 Å². The molecule has 3 aromatic carbocycles. The number of methoxy groups -OCH3 is 2. The van der Waals surface area contributed by atoms with Gasteiger partial charge in [-0.15, -0.1) is 0 Å². The molecule has 0 saturated carbocycles. The van der Waals surface area contributed by atoms with E-state index < -0.39 is 17.5 Å². The van der Waals surface area contributed by atoms with Gasteiger partial charge in [-0.1, -0.05) is 12.1 Å². The van der Waals surface area contributed by atoms with Crippen LogP contribution in [0.5, 0.6) is 11.5 Å². The highest BCUT2D eigenvalue weighted by atomic mass is 19.1. The largest absolute Gasteiger partial charge is 0.493 e. The van der Waals surface area contributed by atoms with Crippen LogP contribution in [0.15, 0.2) is 60.7 Å². The Labute approximate surface area is 202 Å². The minimum atomic E-state index is -0.818. The molecule has 3 aromatic rings. The molecule has 0 aliphatic rings. The lowest BCUT2D eigenvalue weighted by molar-refractivity contribution is 0.0741. The molecule has 0 aromatic heterocycles. The van der Waals surface area contributed by atoms with Gasteiger partial charge in [-0.2, -0.15) is 0 Å². The summed E-state index contributed by atoms with van der Waals surface area (Å²) < 4.78 is 37.6. The quantitative estimate of drug-likeness (QED) is 0.450. The number of amides is 2. The molecule has 0 aliphatic heterocycles. The molecule has 0 spiro atoms. The van der Waals surface area contributed by atoms with Crippen LogP contribution in [0.4, 0.5) is 14.5 Å². The fourth-order valence-corrected chi connectivity index (χ4v) is 3.49. The van der Waals surface area contributed by atoms with E-state index in [1.807, 2.05) is 0 Å². The number of nitrogens with one attached hydrogen (secondary N) is 1. The first kappa shape index (κ1) is 25.6. The molecule has 0 aliphatic carbocycles. The Morgan fingerprint density at radius 3 is 2.14 bits per heavy atom. The van der Waals surface area contributed by atoms with Crippen LogP contribution in [-0.4, -0.2) is 44.0 Å². The van der Waals surface area contributed by atoms with Gasteiger partial charge in [-0.25, -0.2) is 8.78 Å². The van der Waals surface area contributed by atoms with Crippen LogP contribution in [0.3, 0.4) is 0 Å². The second-order valence-corrected chi connectivity index (χ2v) is 7.75. The number of benzene rings is 3. The number of nitrogens with zero attached hydrogens (tertiary/aromatic N) is 1. The second-order valence-electron chi connectivity index (χ2n) is 7.75. The summed E-state index contributed by atoms with van der Waals surface area (Å²) >= 11 is 0. The summed E-state index contributed by atoms with van der Waals surface area (Å²) in [5, 5.41) is 2.81. The summed E-state index contributed by atoms with van der Waals surface area (Å²) in [6.45, 7) is 0.897. The molecule has 0 heterocycles. The summed E-state index contributed by atoms with van der Waals surface area (Å²) in [5.41, 5.74) is 7.25. The number of carbonyl (C=O) groups is 2. The number of nitrogens with two attached hydrogens (primary N) is 1. The summed E-state index contributed by atoms with van der Waals surface area (Å²) in [5.74, 6) is -1.50. The Balaban J connectivity index is 1.71. The Kier molecular flexibility index (Phi) is 8.74. The summed E-state index contributed by atoms with van der Waals surface area (Å²) in [7, 11) is 3.00. The highest BCUT2D eigenvalue weighted by molar-refractivity contribution is 6.04. The number of ether oxygens (including phenoxy) is 2. The Morgan fingerprint density at radius 1 is 0.886 bits per heavy atom. The van der Waals surface area contributed by atoms with Crippen molar-refractivity contribution >= 4 is 17.5 Å². The Bertz CT molecular complexity index is 1170. The van der Waals surface area contributed by atoms with Crippen LogP contribution in [0, 0.1) is 11.6 Å². The summed E-state index contributed by atoms with van der Waals surface area (Å²) in [6.07, 6.45) is 0.531. The number of hydrogen-bond acceptors (Lipinski definition) is 5. The van der Waals surface area contributed by atoms with Gasteiger partial charge in [-0.05, 0) is 61.0 Å². The van der Waals surface area contributed by atoms with Crippen molar-refractivity contribution in [3.8, 4) is 11.5 Å². The van der Waals surface area contributed by atoms with E-state index in [-0.39, 0.29) is 18.0 Å². The van der Waals surface area contributed by atoms with Crippen molar-refractivity contribution < 1.29 is 27.8 Å². The fraction of sp³-hybridized carbons (Fsp3) is 0.231. The van der Waals surface area contributed by atoms with E-state index in [0.717, 1.165) is 23.8 Å². The lowest BCUT2D eigenvalue weighted by Crippen LogP contribution is -2.32. The third-order valence-corrected chi connectivity index (χ3v) is 5.26. The van der Waals surface area contributed by atoms with E-state index >= 15 is 0 Å². The first-order chi connectivity index (χ1) is 16.8. The first-order valence-corrected chi connectivity index (χ1v) is 10.9. The van der Waals surface area contributed by atoms with Gasteiger partial charge >= 0.3 is 0 Å². The van der Waals surface area contributed by atoms with Crippen LogP contribution in [0.2, 0.25) is 0 Å². The third kappa shape index (κ3) is 6.77. The average molecular weight is 484 g/mol. The zero-order chi connectivity index (χ0) is 25.4. The molecule has 0 atom stereocenters. The lowest BCUT2D eigenvalue weighted by Gasteiger charge is -2.23. The number of rotatable bonds is 10. The van der Waals surface area contributed by atoms with Crippen LogP contribution >= 0.6 is 0 Å². The maximum absolute atomic E-state index is 13.6. The van der Waals surface area contributed by atoms with E-state index in [4.69, 9.17) is 15.2 Å². The monoisotopic (exact) mass is 483 g/mol. The number of hydrogen-bond donors (Lipinski definition) is 2. The summed E-state index contributed by atoms with van der Waals surface area (Å²) in [6, 6.07) is 14.5. The SMILES string of the molecule is COc1ccc(C(=O)Nc2ccc(CN(CCCN)C(=O)c3cc(F)cc(F)c3)cc2)cc1OC. The molecule has 3 N–H and O–H groups in total. The highest BCUT2D eigenvalue weighted by Gasteiger charge is 2.18.